The molecular formula is C27H39FN6O3S. The fourth-order valence-electron chi connectivity index (χ4n) is 5.78. The van der Waals surface area contributed by atoms with Gasteiger partial charge in [-0.2, -0.15) is 22.5 Å². The lowest BCUT2D eigenvalue weighted by atomic mass is 9.79. The van der Waals surface area contributed by atoms with Crippen molar-refractivity contribution in [2.75, 3.05) is 51.8 Å². The fourth-order valence-corrected chi connectivity index (χ4v) is 7.32. The summed E-state index contributed by atoms with van der Waals surface area (Å²) in [7, 11) is 0.354. The lowest BCUT2D eigenvalue weighted by Crippen LogP contribution is -2.64. The maximum Gasteiger partial charge on any atom is 0.279 e. The van der Waals surface area contributed by atoms with Gasteiger partial charge in [0.25, 0.3) is 10.2 Å². The Morgan fingerprint density at radius 3 is 2.55 bits per heavy atom. The van der Waals surface area contributed by atoms with E-state index in [1.807, 2.05) is 32.3 Å². The fraction of sp³-hybridized carbons (Fsp3) is 0.630. The molecule has 38 heavy (non-hydrogen) atoms. The third-order valence-corrected chi connectivity index (χ3v) is 9.93. The van der Waals surface area contributed by atoms with E-state index in [-0.39, 0.29) is 24.0 Å². The van der Waals surface area contributed by atoms with Crippen molar-refractivity contribution in [3.8, 4) is 0 Å². The van der Waals surface area contributed by atoms with Crippen LogP contribution in [0, 0.1) is 11.7 Å². The van der Waals surface area contributed by atoms with Crippen LogP contribution in [0.1, 0.15) is 43.6 Å². The molecule has 9 nitrogen and oxygen atoms in total. The maximum atomic E-state index is 13.7. The normalized spacial score (nSPS) is 27.4. The average molecular weight is 547 g/mol. The van der Waals surface area contributed by atoms with Gasteiger partial charge < -0.3 is 14.5 Å². The summed E-state index contributed by atoms with van der Waals surface area (Å²) in [6.45, 7) is 2.80. The van der Waals surface area contributed by atoms with Crippen LogP contribution in [0.2, 0.25) is 0 Å². The third-order valence-electron chi connectivity index (χ3n) is 8.35. The van der Waals surface area contributed by atoms with Gasteiger partial charge in [-0.1, -0.05) is 12.1 Å². The molecule has 3 heterocycles. The minimum Gasteiger partial charge on any atom is -0.374 e. The van der Waals surface area contributed by atoms with Crippen molar-refractivity contribution in [1.29, 1.82) is 0 Å². The molecular weight excluding hydrogens is 507 g/mol. The Hall–Kier alpha value is -2.18. The zero-order valence-electron chi connectivity index (χ0n) is 22.2. The Balaban J connectivity index is 1.20. The number of anilines is 1. The lowest BCUT2D eigenvalue weighted by Gasteiger charge is -2.44. The number of aromatic nitrogens is 2. The number of rotatable bonds is 9. The average Bonchev–Trinajstić information content (AvgIpc) is 2.87. The first kappa shape index (κ1) is 27.4. The zero-order valence-corrected chi connectivity index (χ0v) is 23.1. The largest absolute Gasteiger partial charge is 0.374 e. The Labute approximate surface area is 225 Å². The van der Waals surface area contributed by atoms with Crippen molar-refractivity contribution < 1.29 is 17.5 Å². The number of halogens is 1. The topological polar surface area (TPSA) is 90.9 Å². The SMILES string of the molecule is CN(C)C1CN(S(=O)(=O)N[C@H]2CCN(c3cccnn3)C[C@H]2OCC2CCC(c3cccc(F)c3)CC2)C1. The quantitative estimate of drug-likeness (QED) is 0.517. The molecule has 1 saturated carbocycles. The van der Waals surface area contributed by atoms with Crippen LogP contribution in [0.3, 0.4) is 0 Å². The highest BCUT2D eigenvalue weighted by Gasteiger charge is 2.41. The second kappa shape index (κ2) is 11.9. The molecule has 5 rings (SSSR count). The Morgan fingerprint density at radius 2 is 1.87 bits per heavy atom. The van der Waals surface area contributed by atoms with E-state index in [9.17, 15) is 12.8 Å². The monoisotopic (exact) mass is 546 g/mol. The summed E-state index contributed by atoms with van der Waals surface area (Å²) >= 11 is 0. The summed E-state index contributed by atoms with van der Waals surface area (Å²) in [5.74, 6) is 1.38. The molecule has 1 aromatic heterocycles. The third kappa shape index (κ3) is 6.51. The van der Waals surface area contributed by atoms with Crippen LogP contribution in [0.25, 0.3) is 0 Å². The van der Waals surface area contributed by atoms with Gasteiger partial charge in [0.05, 0.1) is 12.1 Å². The Kier molecular flexibility index (Phi) is 8.59. The van der Waals surface area contributed by atoms with Gasteiger partial charge in [0, 0.05) is 45.0 Å². The number of nitrogens with one attached hydrogen (secondary N) is 1. The van der Waals surface area contributed by atoms with Crippen LogP contribution in [-0.2, 0) is 14.9 Å². The molecule has 11 heteroatoms. The van der Waals surface area contributed by atoms with Crippen molar-refractivity contribution in [2.24, 2.45) is 5.92 Å². The number of ether oxygens (including phenoxy) is 1. The molecule has 2 saturated heterocycles. The minimum atomic E-state index is -3.59. The van der Waals surface area contributed by atoms with Crippen molar-refractivity contribution in [1.82, 2.24) is 24.1 Å². The van der Waals surface area contributed by atoms with E-state index in [0.717, 1.165) is 37.1 Å². The molecule has 1 aromatic carbocycles. The van der Waals surface area contributed by atoms with Crippen molar-refractivity contribution in [2.45, 2.75) is 56.2 Å². The van der Waals surface area contributed by atoms with Crippen LogP contribution < -0.4 is 9.62 Å². The second-order valence-electron chi connectivity index (χ2n) is 11.1. The van der Waals surface area contributed by atoms with E-state index in [2.05, 4.69) is 24.7 Å². The van der Waals surface area contributed by atoms with Gasteiger partial charge in [-0.3, -0.25) is 0 Å². The van der Waals surface area contributed by atoms with E-state index in [1.165, 1.54) is 10.4 Å². The van der Waals surface area contributed by atoms with Crippen LogP contribution in [0.4, 0.5) is 10.2 Å². The van der Waals surface area contributed by atoms with Crippen LogP contribution in [-0.4, -0.2) is 92.9 Å². The molecule has 1 N–H and O–H groups in total. The smallest absolute Gasteiger partial charge is 0.279 e. The number of nitrogens with zero attached hydrogens (tertiary/aromatic N) is 5. The van der Waals surface area contributed by atoms with Gasteiger partial charge in [0.15, 0.2) is 5.82 Å². The van der Waals surface area contributed by atoms with Crippen LogP contribution in [0.5, 0.6) is 0 Å². The van der Waals surface area contributed by atoms with Crippen LogP contribution in [0.15, 0.2) is 42.6 Å². The van der Waals surface area contributed by atoms with E-state index in [4.69, 9.17) is 4.74 Å². The maximum absolute atomic E-state index is 13.7. The van der Waals surface area contributed by atoms with Gasteiger partial charge in [0.1, 0.15) is 5.82 Å². The summed E-state index contributed by atoms with van der Waals surface area (Å²) in [5, 5.41) is 8.25. The van der Waals surface area contributed by atoms with Crippen molar-refractivity contribution in [3.63, 3.8) is 0 Å². The molecule has 3 fully saturated rings. The molecule has 2 atom stereocenters. The van der Waals surface area contributed by atoms with E-state index in [1.54, 1.807) is 18.3 Å². The van der Waals surface area contributed by atoms with E-state index >= 15 is 0 Å². The minimum absolute atomic E-state index is 0.179. The highest BCUT2D eigenvalue weighted by Crippen LogP contribution is 2.36. The van der Waals surface area contributed by atoms with E-state index in [0.29, 0.717) is 51.0 Å². The molecule has 0 spiro atoms. The number of likely N-dealkylation sites (N-methyl/N-ethyl adjacent to an activating group) is 1. The summed E-state index contributed by atoms with van der Waals surface area (Å²) in [5.41, 5.74) is 1.08. The summed E-state index contributed by atoms with van der Waals surface area (Å²) in [4.78, 5) is 4.18. The number of hydrogen-bond donors (Lipinski definition) is 1. The van der Waals surface area contributed by atoms with Gasteiger partial charge >= 0.3 is 0 Å². The molecule has 1 aliphatic carbocycles. The lowest BCUT2D eigenvalue weighted by molar-refractivity contribution is -0.00198. The van der Waals surface area contributed by atoms with Gasteiger partial charge in [-0.25, -0.2) is 4.39 Å². The Morgan fingerprint density at radius 1 is 1.08 bits per heavy atom. The molecule has 2 aromatic rings. The molecule has 0 radical (unpaired) electrons. The Bertz CT molecular complexity index is 1160. The van der Waals surface area contributed by atoms with Gasteiger partial charge in [-0.15, -0.1) is 5.10 Å². The second-order valence-corrected chi connectivity index (χ2v) is 12.8. The highest BCUT2D eigenvalue weighted by molar-refractivity contribution is 7.87. The predicted octanol–water partition coefficient (Wildman–Crippen LogP) is 2.63. The summed E-state index contributed by atoms with van der Waals surface area (Å²) in [6, 6.07) is 10.7. The van der Waals surface area contributed by atoms with Crippen molar-refractivity contribution >= 4 is 16.0 Å². The summed E-state index contributed by atoms with van der Waals surface area (Å²) < 4.78 is 50.9. The number of benzene rings is 1. The summed E-state index contributed by atoms with van der Waals surface area (Å²) in [6.07, 6.45) is 6.00. The molecule has 0 bridgehead atoms. The first-order valence-corrected chi connectivity index (χ1v) is 15.1. The van der Waals surface area contributed by atoms with E-state index < -0.39 is 10.2 Å². The molecule has 2 aliphatic heterocycles. The number of piperidine rings is 1. The molecule has 208 valence electrons. The number of hydrogen-bond acceptors (Lipinski definition) is 7. The first-order chi connectivity index (χ1) is 18.3. The molecule has 3 aliphatic rings. The predicted molar refractivity (Wildman–Crippen MR) is 145 cm³/mol. The van der Waals surface area contributed by atoms with Gasteiger partial charge in [-0.05, 0) is 87.9 Å². The van der Waals surface area contributed by atoms with Gasteiger partial charge in [0.2, 0.25) is 0 Å². The first-order valence-electron chi connectivity index (χ1n) is 13.6. The molecule has 0 unspecified atom stereocenters. The molecule has 0 amide bonds. The van der Waals surface area contributed by atoms with Crippen LogP contribution >= 0.6 is 0 Å². The standard InChI is InChI=1S/C27H39FN6O3S/c1-32(2)24-16-34(17-24)38(35,36)31-25-12-14-33(27-7-4-13-29-30-27)18-26(25)37-19-20-8-10-21(11-9-20)22-5-3-6-23(28)15-22/h3-7,13,15,20-21,24-26,31H,8-12,14,16-19H2,1-2H3/t20?,21?,25-,26+/m0/s1. The highest BCUT2D eigenvalue weighted by atomic mass is 32.2. The van der Waals surface area contributed by atoms with Crippen molar-refractivity contribution in [3.05, 3.63) is 54.0 Å². The zero-order chi connectivity index (χ0) is 26.7.